The lowest BCUT2D eigenvalue weighted by atomic mass is 10.1. The monoisotopic (exact) mass is 310 g/mol. The molecule has 118 valence electrons. The molecule has 1 aliphatic rings. The molecule has 2 atom stereocenters. The Balaban J connectivity index is 1.91. The van der Waals surface area contributed by atoms with E-state index in [1.807, 2.05) is 25.7 Å². The number of thiophene rings is 1. The summed E-state index contributed by atoms with van der Waals surface area (Å²) in [5, 5.41) is 2.11. The van der Waals surface area contributed by atoms with Gasteiger partial charge in [0.2, 0.25) is 0 Å². The Morgan fingerprint density at radius 2 is 2.24 bits per heavy atom. The van der Waals surface area contributed by atoms with E-state index >= 15 is 0 Å². The SMILES string of the molecule is C[C@H](c1cccs1)N(C)[C@@H]1CCN(C(=O)OC(C)(C)C)C1. The molecule has 1 fully saturated rings. The summed E-state index contributed by atoms with van der Waals surface area (Å²) < 4.78 is 5.45. The van der Waals surface area contributed by atoms with E-state index in [1.165, 1.54) is 4.88 Å². The second kappa shape index (κ2) is 6.36. The summed E-state index contributed by atoms with van der Waals surface area (Å²) in [5.41, 5.74) is -0.425. The van der Waals surface area contributed by atoms with Crippen molar-refractivity contribution in [3.05, 3.63) is 22.4 Å². The summed E-state index contributed by atoms with van der Waals surface area (Å²) in [6, 6.07) is 5.04. The molecule has 0 unspecified atom stereocenters. The number of nitrogens with zero attached hydrogens (tertiary/aromatic N) is 2. The summed E-state index contributed by atoms with van der Waals surface area (Å²) in [6.07, 6.45) is 0.813. The van der Waals surface area contributed by atoms with Crippen LogP contribution in [-0.4, -0.2) is 47.7 Å². The molecule has 1 amide bonds. The molecule has 0 aromatic carbocycles. The first-order valence-electron chi connectivity index (χ1n) is 7.51. The molecule has 1 aromatic heterocycles. The largest absolute Gasteiger partial charge is 0.444 e. The molecule has 1 aliphatic heterocycles. The lowest BCUT2D eigenvalue weighted by Crippen LogP contribution is -2.39. The van der Waals surface area contributed by atoms with E-state index in [-0.39, 0.29) is 6.09 Å². The molecular weight excluding hydrogens is 284 g/mol. The van der Waals surface area contributed by atoms with E-state index in [4.69, 9.17) is 4.74 Å². The number of likely N-dealkylation sites (N-methyl/N-ethyl adjacent to an activating group) is 1. The van der Waals surface area contributed by atoms with Gasteiger partial charge in [-0.1, -0.05) is 6.07 Å². The zero-order valence-electron chi connectivity index (χ0n) is 13.6. The molecule has 1 aromatic rings. The average molecular weight is 310 g/mol. The molecule has 4 nitrogen and oxygen atoms in total. The summed E-state index contributed by atoms with van der Waals surface area (Å²) in [5.74, 6) is 0. The van der Waals surface area contributed by atoms with Crippen LogP contribution in [0, 0.1) is 0 Å². The molecule has 1 saturated heterocycles. The van der Waals surface area contributed by atoms with E-state index in [2.05, 4.69) is 36.4 Å². The first kappa shape index (κ1) is 16.3. The Morgan fingerprint density at radius 3 is 2.81 bits per heavy atom. The molecule has 0 N–H and O–H groups in total. The van der Waals surface area contributed by atoms with Crippen LogP contribution in [0.1, 0.15) is 45.0 Å². The molecule has 0 spiro atoms. The van der Waals surface area contributed by atoms with Gasteiger partial charge in [0.25, 0.3) is 0 Å². The predicted molar refractivity (Wildman–Crippen MR) is 86.7 cm³/mol. The van der Waals surface area contributed by atoms with E-state index < -0.39 is 5.60 Å². The van der Waals surface area contributed by atoms with Crippen LogP contribution in [0.3, 0.4) is 0 Å². The van der Waals surface area contributed by atoms with Crippen molar-refractivity contribution in [3.63, 3.8) is 0 Å². The van der Waals surface area contributed by atoms with Gasteiger partial charge in [0, 0.05) is 30.1 Å². The van der Waals surface area contributed by atoms with Crippen molar-refractivity contribution in [1.29, 1.82) is 0 Å². The topological polar surface area (TPSA) is 32.8 Å². The Hall–Kier alpha value is -1.07. The van der Waals surface area contributed by atoms with Crippen molar-refractivity contribution in [2.75, 3.05) is 20.1 Å². The Bertz CT molecular complexity index is 467. The summed E-state index contributed by atoms with van der Waals surface area (Å²) in [7, 11) is 2.15. The normalized spacial score (nSPS) is 20.9. The summed E-state index contributed by atoms with van der Waals surface area (Å²) in [6.45, 7) is 9.47. The lowest BCUT2D eigenvalue weighted by molar-refractivity contribution is 0.0278. The zero-order valence-corrected chi connectivity index (χ0v) is 14.4. The van der Waals surface area contributed by atoms with Gasteiger partial charge >= 0.3 is 6.09 Å². The van der Waals surface area contributed by atoms with Gasteiger partial charge in [-0.25, -0.2) is 4.79 Å². The van der Waals surface area contributed by atoms with E-state index in [9.17, 15) is 4.79 Å². The van der Waals surface area contributed by atoms with Gasteiger partial charge in [-0.2, -0.15) is 0 Å². The van der Waals surface area contributed by atoms with Gasteiger partial charge in [-0.3, -0.25) is 4.90 Å². The van der Waals surface area contributed by atoms with Crippen LogP contribution in [-0.2, 0) is 4.74 Å². The summed E-state index contributed by atoms with van der Waals surface area (Å²) in [4.78, 5) is 17.7. The van der Waals surface area contributed by atoms with Gasteiger partial charge in [-0.05, 0) is 52.6 Å². The van der Waals surface area contributed by atoms with Crippen molar-refractivity contribution in [2.24, 2.45) is 0 Å². The van der Waals surface area contributed by atoms with E-state index in [0.717, 1.165) is 19.5 Å². The maximum absolute atomic E-state index is 12.1. The molecule has 2 heterocycles. The third-order valence-corrected chi connectivity index (χ3v) is 5.00. The first-order valence-corrected chi connectivity index (χ1v) is 8.39. The molecule has 0 saturated carbocycles. The predicted octanol–water partition coefficient (Wildman–Crippen LogP) is 3.75. The van der Waals surface area contributed by atoms with Crippen molar-refractivity contribution in [2.45, 2.75) is 51.8 Å². The van der Waals surface area contributed by atoms with Crippen LogP contribution in [0.5, 0.6) is 0 Å². The van der Waals surface area contributed by atoms with Crippen molar-refractivity contribution in [3.8, 4) is 0 Å². The number of carbonyl (C=O) groups is 1. The van der Waals surface area contributed by atoms with Crippen LogP contribution in [0.25, 0.3) is 0 Å². The second-order valence-corrected chi connectivity index (χ2v) is 7.70. The zero-order chi connectivity index (χ0) is 15.6. The maximum atomic E-state index is 12.1. The van der Waals surface area contributed by atoms with Crippen molar-refractivity contribution in [1.82, 2.24) is 9.80 Å². The van der Waals surface area contributed by atoms with Gasteiger partial charge in [-0.15, -0.1) is 11.3 Å². The molecular formula is C16H26N2O2S. The summed E-state index contributed by atoms with van der Waals surface area (Å²) >= 11 is 1.79. The number of hydrogen-bond acceptors (Lipinski definition) is 4. The molecule has 21 heavy (non-hydrogen) atoms. The smallest absolute Gasteiger partial charge is 0.410 e. The Morgan fingerprint density at radius 1 is 1.52 bits per heavy atom. The van der Waals surface area contributed by atoms with Crippen LogP contribution < -0.4 is 0 Å². The number of likely N-dealkylation sites (tertiary alicyclic amines) is 1. The molecule has 0 radical (unpaired) electrons. The third kappa shape index (κ3) is 4.20. The van der Waals surface area contributed by atoms with Gasteiger partial charge in [0.15, 0.2) is 0 Å². The molecule has 5 heteroatoms. The van der Waals surface area contributed by atoms with Crippen LogP contribution in [0.15, 0.2) is 17.5 Å². The van der Waals surface area contributed by atoms with Crippen LogP contribution >= 0.6 is 11.3 Å². The fourth-order valence-corrected chi connectivity index (χ4v) is 3.45. The number of amides is 1. The molecule has 0 bridgehead atoms. The van der Waals surface area contributed by atoms with Crippen molar-refractivity contribution >= 4 is 17.4 Å². The fourth-order valence-electron chi connectivity index (χ4n) is 2.61. The van der Waals surface area contributed by atoms with E-state index in [1.54, 1.807) is 11.3 Å². The quantitative estimate of drug-likeness (QED) is 0.852. The highest BCUT2D eigenvalue weighted by Crippen LogP contribution is 2.28. The molecule has 2 rings (SSSR count). The van der Waals surface area contributed by atoms with Gasteiger partial charge in [0.05, 0.1) is 0 Å². The minimum atomic E-state index is -0.425. The van der Waals surface area contributed by atoms with Crippen molar-refractivity contribution < 1.29 is 9.53 Å². The standard InChI is InChI=1S/C16H26N2O2S/c1-12(14-7-6-10-21-14)17(5)13-8-9-18(11-13)15(19)20-16(2,3)4/h6-7,10,12-13H,8-9,11H2,1-5H3/t12-,13-/m1/s1. The highest BCUT2D eigenvalue weighted by atomic mass is 32.1. The Labute approximate surface area is 131 Å². The minimum Gasteiger partial charge on any atom is -0.444 e. The number of hydrogen-bond donors (Lipinski definition) is 0. The first-order chi connectivity index (χ1) is 9.78. The van der Waals surface area contributed by atoms with Crippen LogP contribution in [0.2, 0.25) is 0 Å². The van der Waals surface area contributed by atoms with Crippen LogP contribution in [0.4, 0.5) is 4.79 Å². The number of rotatable bonds is 3. The van der Waals surface area contributed by atoms with E-state index in [0.29, 0.717) is 12.1 Å². The minimum absolute atomic E-state index is 0.192. The fraction of sp³-hybridized carbons (Fsp3) is 0.688. The third-order valence-electron chi connectivity index (χ3n) is 3.96. The van der Waals surface area contributed by atoms with Gasteiger partial charge < -0.3 is 9.64 Å². The lowest BCUT2D eigenvalue weighted by Gasteiger charge is -2.30. The Kier molecular flexibility index (Phi) is 4.94. The second-order valence-electron chi connectivity index (χ2n) is 6.73. The highest BCUT2D eigenvalue weighted by molar-refractivity contribution is 7.10. The number of ether oxygens (including phenoxy) is 1. The average Bonchev–Trinajstić information content (AvgIpc) is 3.06. The highest BCUT2D eigenvalue weighted by Gasteiger charge is 2.33. The molecule has 0 aliphatic carbocycles. The van der Waals surface area contributed by atoms with Gasteiger partial charge in [0.1, 0.15) is 5.60 Å². The maximum Gasteiger partial charge on any atom is 0.410 e. The number of carbonyl (C=O) groups excluding carboxylic acids is 1.